The molecule has 0 saturated carbocycles. The van der Waals surface area contributed by atoms with Crippen LogP contribution in [0.4, 0.5) is 0 Å². The number of benzene rings is 3. The molecular formula is C27H32. The van der Waals surface area contributed by atoms with Crippen LogP contribution in [0.3, 0.4) is 0 Å². The van der Waals surface area contributed by atoms with Gasteiger partial charge < -0.3 is 0 Å². The highest BCUT2D eigenvalue weighted by Crippen LogP contribution is 2.29. The monoisotopic (exact) mass is 356 g/mol. The van der Waals surface area contributed by atoms with Gasteiger partial charge in [-0.1, -0.05) is 114 Å². The molecule has 0 aliphatic rings. The van der Waals surface area contributed by atoms with E-state index in [0.29, 0.717) is 5.41 Å². The summed E-state index contributed by atoms with van der Waals surface area (Å²) in [4.78, 5) is 0. The Morgan fingerprint density at radius 2 is 0.815 bits per heavy atom. The van der Waals surface area contributed by atoms with Crippen LogP contribution in [0, 0.1) is 5.41 Å². The lowest BCUT2D eigenvalue weighted by molar-refractivity contribution is 0.411. The van der Waals surface area contributed by atoms with E-state index in [-0.39, 0.29) is 5.41 Å². The first-order valence-corrected chi connectivity index (χ1v) is 9.92. The normalized spacial score (nSPS) is 12.2. The summed E-state index contributed by atoms with van der Waals surface area (Å²) >= 11 is 0. The topological polar surface area (TPSA) is 0 Å². The SMILES string of the molecule is CC(C)(C)Cc1ccc(-c2ccc(-c3ccc(C(C)(C)C)cc3)cc2)cc1. The third-order valence-corrected chi connectivity index (χ3v) is 4.99. The minimum Gasteiger partial charge on any atom is -0.0599 e. The largest absolute Gasteiger partial charge is 0.0599 e. The zero-order valence-electron chi connectivity index (χ0n) is 17.6. The van der Waals surface area contributed by atoms with Crippen molar-refractivity contribution < 1.29 is 0 Å². The molecule has 0 atom stereocenters. The molecule has 0 aromatic heterocycles. The van der Waals surface area contributed by atoms with E-state index >= 15 is 0 Å². The Labute approximate surface area is 165 Å². The maximum atomic E-state index is 2.29. The van der Waals surface area contributed by atoms with Gasteiger partial charge in [0.2, 0.25) is 0 Å². The fourth-order valence-corrected chi connectivity index (χ4v) is 3.45. The maximum Gasteiger partial charge on any atom is -0.0132 e. The summed E-state index contributed by atoms with van der Waals surface area (Å²) in [5.41, 5.74) is 8.39. The predicted octanol–water partition coefficient (Wildman–Crippen LogP) is 7.91. The summed E-state index contributed by atoms with van der Waals surface area (Å²) in [7, 11) is 0. The number of hydrogen-bond donors (Lipinski definition) is 0. The van der Waals surface area contributed by atoms with Crippen molar-refractivity contribution in [1.82, 2.24) is 0 Å². The number of rotatable bonds is 3. The first-order valence-electron chi connectivity index (χ1n) is 9.92. The van der Waals surface area contributed by atoms with E-state index in [1.807, 2.05) is 0 Å². The van der Waals surface area contributed by atoms with Crippen LogP contribution >= 0.6 is 0 Å². The summed E-state index contributed by atoms with van der Waals surface area (Å²) in [6.45, 7) is 13.6. The van der Waals surface area contributed by atoms with E-state index in [1.165, 1.54) is 33.4 Å². The minimum atomic E-state index is 0.196. The van der Waals surface area contributed by atoms with Crippen molar-refractivity contribution in [1.29, 1.82) is 0 Å². The quantitative estimate of drug-likeness (QED) is 0.447. The van der Waals surface area contributed by atoms with Gasteiger partial charge in [-0.15, -0.1) is 0 Å². The molecule has 0 bridgehead atoms. The van der Waals surface area contributed by atoms with Crippen LogP contribution in [0.1, 0.15) is 52.7 Å². The van der Waals surface area contributed by atoms with Crippen molar-refractivity contribution in [2.45, 2.75) is 53.4 Å². The fourth-order valence-electron chi connectivity index (χ4n) is 3.45. The van der Waals surface area contributed by atoms with Crippen LogP contribution < -0.4 is 0 Å². The van der Waals surface area contributed by atoms with Gasteiger partial charge in [0, 0.05) is 0 Å². The lowest BCUT2D eigenvalue weighted by Gasteiger charge is -2.19. The third-order valence-electron chi connectivity index (χ3n) is 4.99. The van der Waals surface area contributed by atoms with Crippen molar-refractivity contribution >= 4 is 0 Å². The van der Waals surface area contributed by atoms with Crippen LogP contribution in [-0.4, -0.2) is 0 Å². The van der Waals surface area contributed by atoms with Crippen LogP contribution in [0.5, 0.6) is 0 Å². The number of hydrogen-bond acceptors (Lipinski definition) is 0. The fraction of sp³-hybridized carbons (Fsp3) is 0.333. The molecule has 0 aliphatic heterocycles. The molecule has 0 spiro atoms. The van der Waals surface area contributed by atoms with Gasteiger partial charge in [-0.05, 0) is 50.6 Å². The summed E-state index contributed by atoms with van der Waals surface area (Å²) in [5.74, 6) is 0. The van der Waals surface area contributed by atoms with Crippen molar-refractivity contribution in [3.63, 3.8) is 0 Å². The van der Waals surface area contributed by atoms with Gasteiger partial charge in [-0.2, -0.15) is 0 Å². The molecule has 140 valence electrons. The first kappa shape index (κ1) is 19.4. The molecule has 0 heteroatoms. The van der Waals surface area contributed by atoms with E-state index in [2.05, 4.69) is 114 Å². The molecule has 0 nitrogen and oxygen atoms in total. The van der Waals surface area contributed by atoms with Gasteiger partial charge in [0.1, 0.15) is 0 Å². The van der Waals surface area contributed by atoms with Crippen LogP contribution in [-0.2, 0) is 11.8 Å². The second kappa shape index (κ2) is 7.35. The van der Waals surface area contributed by atoms with E-state index in [0.717, 1.165) is 6.42 Å². The smallest absolute Gasteiger partial charge is 0.0132 e. The molecule has 0 unspecified atom stereocenters. The Morgan fingerprint density at radius 3 is 1.15 bits per heavy atom. The third kappa shape index (κ3) is 5.10. The molecule has 0 aliphatic carbocycles. The molecule has 3 aromatic rings. The molecule has 3 aromatic carbocycles. The van der Waals surface area contributed by atoms with Crippen molar-refractivity contribution in [3.8, 4) is 22.3 Å². The van der Waals surface area contributed by atoms with Gasteiger partial charge in [-0.25, -0.2) is 0 Å². The van der Waals surface area contributed by atoms with E-state index in [9.17, 15) is 0 Å². The van der Waals surface area contributed by atoms with Crippen LogP contribution in [0.15, 0.2) is 72.8 Å². The van der Waals surface area contributed by atoms with Gasteiger partial charge in [-0.3, -0.25) is 0 Å². The minimum absolute atomic E-state index is 0.196. The molecule has 27 heavy (non-hydrogen) atoms. The summed E-state index contributed by atoms with van der Waals surface area (Å²) in [6, 6.07) is 26.9. The summed E-state index contributed by atoms with van der Waals surface area (Å²) < 4.78 is 0. The average Bonchev–Trinajstić information content (AvgIpc) is 2.61. The Bertz CT molecular complexity index is 865. The zero-order valence-corrected chi connectivity index (χ0v) is 17.6. The van der Waals surface area contributed by atoms with E-state index in [1.54, 1.807) is 0 Å². The molecule has 0 fully saturated rings. The molecule has 0 amide bonds. The Morgan fingerprint density at radius 1 is 0.481 bits per heavy atom. The highest BCUT2D eigenvalue weighted by atomic mass is 14.2. The summed E-state index contributed by atoms with van der Waals surface area (Å²) in [5, 5.41) is 0. The van der Waals surface area contributed by atoms with Crippen LogP contribution in [0.25, 0.3) is 22.3 Å². The lowest BCUT2D eigenvalue weighted by atomic mass is 9.86. The molecule has 0 heterocycles. The second-order valence-corrected chi connectivity index (χ2v) is 9.84. The second-order valence-electron chi connectivity index (χ2n) is 9.84. The lowest BCUT2D eigenvalue weighted by Crippen LogP contribution is -2.10. The highest BCUT2D eigenvalue weighted by molar-refractivity contribution is 5.70. The van der Waals surface area contributed by atoms with Crippen LogP contribution in [0.2, 0.25) is 0 Å². The van der Waals surface area contributed by atoms with Gasteiger partial charge in [0.05, 0.1) is 0 Å². The average molecular weight is 357 g/mol. The maximum absolute atomic E-state index is 2.29. The molecule has 3 rings (SSSR count). The first-order chi connectivity index (χ1) is 12.6. The van der Waals surface area contributed by atoms with E-state index < -0.39 is 0 Å². The molecule has 0 radical (unpaired) electrons. The van der Waals surface area contributed by atoms with Crippen molar-refractivity contribution in [3.05, 3.63) is 83.9 Å². The molecular weight excluding hydrogens is 324 g/mol. The van der Waals surface area contributed by atoms with Gasteiger partial charge in [0.15, 0.2) is 0 Å². The van der Waals surface area contributed by atoms with Gasteiger partial charge in [0.25, 0.3) is 0 Å². The Hall–Kier alpha value is -2.34. The summed E-state index contributed by atoms with van der Waals surface area (Å²) in [6.07, 6.45) is 1.11. The van der Waals surface area contributed by atoms with Gasteiger partial charge >= 0.3 is 0 Å². The van der Waals surface area contributed by atoms with Crippen molar-refractivity contribution in [2.75, 3.05) is 0 Å². The molecule has 0 N–H and O–H groups in total. The van der Waals surface area contributed by atoms with E-state index in [4.69, 9.17) is 0 Å². The highest BCUT2D eigenvalue weighted by Gasteiger charge is 2.13. The zero-order chi connectivity index (χ0) is 19.7. The molecule has 0 saturated heterocycles. The Balaban J connectivity index is 1.77. The standard InChI is InChI=1S/C27H32/c1-26(2,3)19-20-7-9-21(10-8-20)22-11-13-23(14-12-22)24-15-17-25(18-16-24)27(4,5)6/h7-18H,19H2,1-6H3. The van der Waals surface area contributed by atoms with Crippen molar-refractivity contribution in [2.24, 2.45) is 5.41 Å². The Kier molecular flexibility index (Phi) is 5.29. The predicted molar refractivity (Wildman–Crippen MR) is 119 cm³/mol.